The van der Waals surface area contributed by atoms with Crippen molar-refractivity contribution in [2.24, 2.45) is 0 Å². The Kier molecular flexibility index (Phi) is 5.49. The standard InChI is InChI=1S/C11H12F4N2OS/c12-9-3-1-2-8(11(13,14)15)7(9)6-17-10(19)16-4-5-18/h1-3,18H,4-6H2,(H2,16,17,19). The maximum atomic E-state index is 13.4. The molecule has 1 aromatic carbocycles. The lowest BCUT2D eigenvalue weighted by atomic mass is 10.1. The lowest BCUT2D eigenvalue weighted by Crippen LogP contribution is -2.36. The monoisotopic (exact) mass is 296 g/mol. The van der Waals surface area contributed by atoms with Crippen LogP contribution in [0.5, 0.6) is 0 Å². The van der Waals surface area contributed by atoms with E-state index in [1.165, 1.54) is 0 Å². The quantitative estimate of drug-likeness (QED) is 0.585. The van der Waals surface area contributed by atoms with Gasteiger partial charge in [0, 0.05) is 18.7 Å². The second-order valence-corrected chi connectivity index (χ2v) is 4.01. The van der Waals surface area contributed by atoms with Crippen molar-refractivity contribution in [3.8, 4) is 0 Å². The number of aliphatic hydroxyl groups excluding tert-OH is 1. The summed E-state index contributed by atoms with van der Waals surface area (Å²) in [5, 5.41) is 13.6. The number of nitrogens with one attached hydrogen (secondary N) is 2. The third-order valence-electron chi connectivity index (χ3n) is 2.25. The molecule has 0 amide bonds. The molecule has 0 unspecified atom stereocenters. The fourth-order valence-corrected chi connectivity index (χ4v) is 1.58. The summed E-state index contributed by atoms with van der Waals surface area (Å²) in [6.45, 7) is -0.399. The van der Waals surface area contributed by atoms with Crippen molar-refractivity contribution in [1.82, 2.24) is 10.6 Å². The van der Waals surface area contributed by atoms with Gasteiger partial charge in [-0.15, -0.1) is 0 Å². The molecule has 0 aliphatic rings. The van der Waals surface area contributed by atoms with Gasteiger partial charge in [0.25, 0.3) is 0 Å². The lowest BCUT2D eigenvalue weighted by Gasteiger charge is -2.15. The summed E-state index contributed by atoms with van der Waals surface area (Å²) in [4.78, 5) is 0. The molecule has 0 saturated carbocycles. The molecule has 0 heterocycles. The average molecular weight is 296 g/mol. The zero-order valence-electron chi connectivity index (χ0n) is 9.72. The minimum Gasteiger partial charge on any atom is -0.395 e. The Balaban J connectivity index is 2.80. The van der Waals surface area contributed by atoms with Gasteiger partial charge in [-0.2, -0.15) is 13.2 Å². The SMILES string of the molecule is OCCNC(=S)NCc1c(F)cccc1C(F)(F)F. The summed E-state index contributed by atoms with van der Waals surface area (Å²) in [5.41, 5.74) is -1.53. The molecule has 0 atom stereocenters. The number of hydrogen-bond acceptors (Lipinski definition) is 2. The molecule has 3 N–H and O–H groups in total. The molecule has 1 aromatic rings. The molecular formula is C11H12F4N2OS. The maximum absolute atomic E-state index is 13.4. The Labute approximate surface area is 112 Å². The molecule has 0 bridgehead atoms. The minimum atomic E-state index is -4.63. The summed E-state index contributed by atoms with van der Waals surface area (Å²) < 4.78 is 51.5. The summed E-state index contributed by atoms with van der Waals surface area (Å²) in [6.07, 6.45) is -4.63. The molecule has 19 heavy (non-hydrogen) atoms. The lowest BCUT2D eigenvalue weighted by molar-refractivity contribution is -0.138. The molecule has 0 fully saturated rings. The third kappa shape index (κ3) is 4.64. The molecule has 1 rings (SSSR count). The Hall–Kier alpha value is -1.41. The highest BCUT2D eigenvalue weighted by molar-refractivity contribution is 7.80. The van der Waals surface area contributed by atoms with Gasteiger partial charge in [0.05, 0.1) is 12.2 Å². The zero-order valence-corrected chi connectivity index (χ0v) is 10.5. The van der Waals surface area contributed by atoms with Gasteiger partial charge < -0.3 is 15.7 Å². The average Bonchev–Trinajstić information content (AvgIpc) is 2.33. The smallest absolute Gasteiger partial charge is 0.395 e. The Morgan fingerprint density at radius 2 is 1.95 bits per heavy atom. The number of rotatable bonds is 4. The fraction of sp³-hybridized carbons (Fsp3) is 0.364. The molecule has 0 saturated heterocycles. The first-order valence-corrected chi connectivity index (χ1v) is 5.74. The van der Waals surface area contributed by atoms with E-state index in [4.69, 9.17) is 17.3 Å². The zero-order chi connectivity index (χ0) is 14.5. The summed E-state index contributed by atoms with van der Waals surface area (Å²) >= 11 is 4.76. The van der Waals surface area contributed by atoms with E-state index in [1.807, 2.05) is 0 Å². The van der Waals surface area contributed by atoms with Crippen molar-refractivity contribution in [3.63, 3.8) is 0 Å². The van der Waals surface area contributed by atoms with E-state index in [2.05, 4.69) is 10.6 Å². The van der Waals surface area contributed by atoms with Crippen molar-refractivity contribution in [2.75, 3.05) is 13.2 Å². The van der Waals surface area contributed by atoms with Gasteiger partial charge >= 0.3 is 6.18 Å². The second-order valence-electron chi connectivity index (χ2n) is 3.60. The maximum Gasteiger partial charge on any atom is 0.416 e. The molecular weight excluding hydrogens is 284 g/mol. The predicted molar refractivity (Wildman–Crippen MR) is 65.9 cm³/mol. The van der Waals surface area contributed by atoms with Gasteiger partial charge in [-0.3, -0.25) is 0 Å². The van der Waals surface area contributed by atoms with E-state index in [0.29, 0.717) is 0 Å². The van der Waals surface area contributed by atoms with Crippen molar-refractivity contribution >= 4 is 17.3 Å². The van der Waals surface area contributed by atoms with Gasteiger partial charge in [0.2, 0.25) is 0 Å². The van der Waals surface area contributed by atoms with E-state index in [-0.39, 0.29) is 18.3 Å². The highest BCUT2D eigenvalue weighted by Gasteiger charge is 2.34. The number of hydrogen-bond donors (Lipinski definition) is 3. The topological polar surface area (TPSA) is 44.3 Å². The van der Waals surface area contributed by atoms with Crippen LogP contribution >= 0.6 is 12.2 Å². The first-order chi connectivity index (χ1) is 8.86. The molecule has 0 radical (unpaired) electrons. The number of alkyl halides is 3. The highest BCUT2D eigenvalue weighted by atomic mass is 32.1. The first kappa shape index (κ1) is 15.6. The first-order valence-electron chi connectivity index (χ1n) is 5.33. The highest BCUT2D eigenvalue weighted by Crippen LogP contribution is 2.32. The van der Waals surface area contributed by atoms with Gasteiger partial charge in [0.15, 0.2) is 5.11 Å². The molecule has 0 aromatic heterocycles. The third-order valence-corrected chi connectivity index (χ3v) is 2.54. The Bertz CT molecular complexity index is 451. The number of aliphatic hydroxyl groups is 1. The molecule has 8 heteroatoms. The Morgan fingerprint density at radius 1 is 1.26 bits per heavy atom. The van der Waals surface area contributed by atoms with Crippen LogP contribution in [-0.2, 0) is 12.7 Å². The van der Waals surface area contributed by atoms with Gasteiger partial charge in [-0.25, -0.2) is 4.39 Å². The second kappa shape index (κ2) is 6.67. The van der Waals surface area contributed by atoms with Gasteiger partial charge in [0.1, 0.15) is 5.82 Å². The van der Waals surface area contributed by atoms with Gasteiger partial charge in [-0.05, 0) is 24.4 Å². The summed E-state index contributed by atoms with van der Waals surface area (Å²) in [5.74, 6) is -0.952. The molecule has 0 aliphatic carbocycles. The summed E-state index contributed by atoms with van der Waals surface area (Å²) in [6, 6.07) is 2.77. The van der Waals surface area contributed by atoms with E-state index in [0.717, 1.165) is 18.2 Å². The Morgan fingerprint density at radius 3 is 2.53 bits per heavy atom. The largest absolute Gasteiger partial charge is 0.416 e. The number of benzene rings is 1. The van der Waals surface area contributed by atoms with E-state index >= 15 is 0 Å². The molecule has 3 nitrogen and oxygen atoms in total. The van der Waals surface area contributed by atoms with Crippen LogP contribution in [-0.4, -0.2) is 23.4 Å². The van der Waals surface area contributed by atoms with E-state index in [9.17, 15) is 17.6 Å². The van der Waals surface area contributed by atoms with Crippen LogP contribution in [0.4, 0.5) is 17.6 Å². The molecule has 106 valence electrons. The molecule has 0 spiro atoms. The minimum absolute atomic E-state index is 0.0467. The van der Waals surface area contributed by atoms with Crippen LogP contribution in [0.2, 0.25) is 0 Å². The normalized spacial score (nSPS) is 11.2. The van der Waals surface area contributed by atoms with Crippen molar-refractivity contribution in [1.29, 1.82) is 0 Å². The molecule has 0 aliphatic heterocycles. The van der Waals surface area contributed by atoms with E-state index in [1.54, 1.807) is 0 Å². The van der Waals surface area contributed by atoms with Crippen LogP contribution in [0.1, 0.15) is 11.1 Å². The number of halogens is 4. The van der Waals surface area contributed by atoms with Crippen LogP contribution in [0, 0.1) is 5.82 Å². The number of thiocarbonyl (C=S) groups is 1. The van der Waals surface area contributed by atoms with Gasteiger partial charge in [-0.1, -0.05) is 6.07 Å². The van der Waals surface area contributed by atoms with Crippen molar-refractivity contribution in [3.05, 3.63) is 35.1 Å². The summed E-state index contributed by atoms with van der Waals surface area (Å²) in [7, 11) is 0. The van der Waals surface area contributed by atoms with Crippen LogP contribution in [0.25, 0.3) is 0 Å². The van der Waals surface area contributed by atoms with Crippen LogP contribution < -0.4 is 10.6 Å². The fourth-order valence-electron chi connectivity index (χ4n) is 1.40. The van der Waals surface area contributed by atoms with Crippen molar-refractivity contribution in [2.45, 2.75) is 12.7 Å². The van der Waals surface area contributed by atoms with E-state index < -0.39 is 29.7 Å². The predicted octanol–water partition coefficient (Wildman–Crippen LogP) is 1.80. The van der Waals surface area contributed by atoms with Crippen molar-refractivity contribution < 1.29 is 22.7 Å². The van der Waals surface area contributed by atoms with Crippen LogP contribution in [0.3, 0.4) is 0 Å². The van der Waals surface area contributed by atoms with Crippen LogP contribution in [0.15, 0.2) is 18.2 Å².